The molecule has 2 rings (SSSR count). The minimum Gasteiger partial charge on any atom is -0.462 e. The van der Waals surface area contributed by atoms with Gasteiger partial charge in [0.1, 0.15) is 0 Å². The normalized spacial score (nSPS) is 10.6. The zero-order valence-electron chi connectivity index (χ0n) is 22.9. The Kier molecular flexibility index (Phi) is 23.9. The van der Waals surface area contributed by atoms with E-state index in [0.29, 0.717) is 17.1 Å². The van der Waals surface area contributed by atoms with E-state index in [1.54, 1.807) is 32.0 Å². The summed E-state index contributed by atoms with van der Waals surface area (Å²) in [7, 11) is 0. The molecule has 0 spiro atoms. The average Bonchev–Trinajstić information content (AvgIpc) is 2.84. The number of benzene rings is 2. The van der Waals surface area contributed by atoms with Crippen LogP contribution >= 0.6 is 11.6 Å². The van der Waals surface area contributed by atoms with E-state index in [9.17, 15) is 9.59 Å². The molecule has 199 valence electrons. The molecule has 36 heavy (non-hydrogen) atoms. The van der Waals surface area contributed by atoms with Crippen LogP contribution in [0.5, 0.6) is 0 Å². The molecule has 0 aromatic heterocycles. The van der Waals surface area contributed by atoms with Crippen LogP contribution in [0.4, 0.5) is 5.69 Å². The van der Waals surface area contributed by atoms with Crippen molar-refractivity contribution in [2.75, 3.05) is 11.9 Å². The number of ether oxygens (including phenoxy) is 1. The number of hydrogen-bond donors (Lipinski definition) is 1. The summed E-state index contributed by atoms with van der Waals surface area (Å²) in [5.41, 5.74) is 2.06. The van der Waals surface area contributed by atoms with Crippen LogP contribution in [0.3, 0.4) is 0 Å². The van der Waals surface area contributed by atoms with Gasteiger partial charge in [-0.05, 0) is 43.4 Å². The van der Waals surface area contributed by atoms with Gasteiger partial charge in [-0.15, -0.1) is 0 Å². The summed E-state index contributed by atoms with van der Waals surface area (Å²) in [4.78, 5) is 23.0. The first kappa shape index (κ1) is 37.2. The molecule has 1 atom stereocenters. The average molecular weight is 644 g/mol. The van der Waals surface area contributed by atoms with Crippen LogP contribution in [0, 0.1) is 54.6 Å². The summed E-state index contributed by atoms with van der Waals surface area (Å²) in [6.45, 7) is 8.40. The molecule has 2 aromatic carbocycles. The van der Waals surface area contributed by atoms with Gasteiger partial charge in [0.05, 0.1) is 22.9 Å². The van der Waals surface area contributed by atoms with Gasteiger partial charge in [0, 0.05) is 47.7 Å². The second-order valence-corrected chi connectivity index (χ2v) is 9.02. The van der Waals surface area contributed by atoms with E-state index in [1.165, 1.54) is 56.9 Å². The van der Waals surface area contributed by atoms with Crippen molar-refractivity contribution in [2.45, 2.75) is 85.5 Å². The monoisotopic (exact) mass is 643 g/mol. The SMILES string of the molecule is CCCCCC(C)CCCCc1ccccc1.CCOC(=O)c1cccc(Cl)c1NC(=O)CC.[CH3-].[Pr]. The number of anilines is 1. The number of halogens is 1. The number of para-hydroxylation sites is 1. The molecular formula is C30H45ClNO3Pr-. The minimum atomic E-state index is -0.499. The molecule has 6 heteroatoms. The maximum atomic E-state index is 11.7. The number of nitrogens with one attached hydrogen (secondary N) is 1. The summed E-state index contributed by atoms with van der Waals surface area (Å²) < 4.78 is 4.89. The van der Waals surface area contributed by atoms with Gasteiger partial charge in [0.2, 0.25) is 5.91 Å². The fourth-order valence-corrected chi connectivity index (χ4v) is 3.83. The second kappa shape index (κ2) is 23.2. The summed E-state index contributed by atoms with van der Waals surface area (Å²) in [6, 6.07) is 15.7. The van der Waals surface area contributed by atoms with Crippen LogP contribution in [0.2, 0.25) is 5.02 Å². The number of carbonyl (C=O) groups excluding carboxylic acids is 2. The molecule has 0 bridgehead atoms. The van der Waals surface area contributed by atoms with Crippen LogP contribution in [0.1, 0.15) is 95.0 Å². The minimum absolute atomic E-state index is 0. The third-order valence-electron chi connectivity index (χ3n) is 5.65. The maximum Gasteiger partial charge on any atom is 0.340 e. The molecule has 2 aromatic rings. The third kappa shape index (κ3) is 16.0. The first-order valence-corrected chi connectivity index (χ1v) is 13.1. The van der Waals surface area contributed by atoms with Crippen molar-refractivity contribution in [1.29, 1.82) is 0 Å². The number of carbonyl (C=O) groups is 2. The Balaban J connectivity index is 0. The van der Waals surface area contributed by atoms with Crippen molar-refractivity contribution in [3.63, 3.8) is 0 Å². The predicted octanol–water partition coefficient (Wildman–Crippen LogP) is 8.93. The van der Waals surface area contributed by atoms with Crippen molar-refractivity contribution in [2.24, 2.45) is 5.92 Å². The summed E-state index contributed by atoms with van der Waals surface area (Å²) in [5, 5.41) is 2.91. The maximum absolute atomic E-state index is 11.7. The molecule has 1 radical (unpaired) electrons. The summed E-state index contributed by atoms with van der Waals surface area (Å²) >= 11 is 5.95. The van der Waals surface area contributed by atoms with Crippen LogP contribution in [0.25, 0.3) is 0 Å². The van der Waals surface area contributed by atoms with E-state index in [4.69, 9.17) is 16.3 Å². The topological polar surface area (TPSA) is 55.4 Å². The van der Waals surface area contributed by atoms with Gasteiger partial charge in [-0.25, -0.2) is 4.79 Å². The molecule has 0 aliphatic carbocycles. The second-order valence-electron chi connectivity index (χ2n) is 8.62. The summed E-state index contributed by atoms with van der Waals surface area (Å²) in [6.07, 6.45) is 11.3. The van der Waals surface area contributed by atoms with Crippen LogP contribution in [0.15, 0.2) is 48.5 Å². The zero-order valence-corrected chi connectivity index (χ0v) is 27.4. The van der Waals surface area contributed by atoms with E-state index in [1.807, 2.05) is 0 Å². The predicted molar refractivity (Wildman–Crippen MR) is 150 cm³/mol. The van der Waals surface area contributed by atoms with Gasteiger partial charge in [0.25, 0.3) is 0 Å². The van der Waals surface area contributed by atoms with Crippen LogP contribution < -0.4 is 5.32 Å². The molecule has 0 fully saturated rings. The standard InChI is InChI=1S/C17H28.C12H14ClNO3.CH3.Pr/c1-3-4-6-11-16(2)12-9-10-15-17-13-7-5-8-14-17;1-3-10(15)14-11-8(12(16)17-4-2)6-5-7-9(11)13;;/h5,7-8,13-14,16H,3-4,6,9-12,15H2,1-2H3;5-7H,3-4H2,1-2H3,(H,14,15);1H3;/q;;-1;. The smallest absolute Gasteiger partial charge is 0.340 e. The van der Waals surface area contributed by atoms with E-state index in [0.717, 1.165) is 5.92 Å². The molecule has 1 amide bonds. The molecule has 0 aliphatic heterocycles. The molecule has 0 saturated carbocycles. The Bertz CT molecular complexity index is 845. The van der Waals surface area contributed by atoms with Gasteiger partial charge >= 0.3 is 5.97 Å². The number of amides is 1. The van der Waals surface area contributed by atoms with Gasteiger partial charge in [-0.2, -0.15) is 0 Å². The Labute approximate surface area is 258 Å². The van der Waals surface area contributed by atoms with Crippen LogP contribution in [-0.4, -0.2) is 18.5 Å². The molecule has 1 N–H and O–H groups in total. The van der Waals surface area contributed by atoms with Gasteiger partial charge in [0.15, 0.2) is 0 Å². The van der Waals surface area contributed by atoms with E-state index < -0.39 is 5.97 Å². The van der Waals surface area contributed by atoms with Crippen molar-refractivity contribution in [1.82, 2.24) is 0 Å². The fourth-order valence-electron chi connectivity index (χ4n) is 3.61. The largest absolute Gasteiger partial charge is 0.462 e. The van der Waals surface area contributed by atoms with Crippen molar-refractivity contribution in [3.05, 3.63) is 72.1 Å². The first-order chi connectivity index (χ1) is 16.4. The number of hydrogen-bond acceptors (Lipinski definition) is 3. The van der Waals surface area contributed by atoms with E-state index >= 15 is 0 Å². The first-order valence-electron chi connectivity index (χ1n) is 12.7. The van der Waals surface area contributed by atoms with Crippen molar-refractivity contribution >= 4 is 29.2 Å². The molecule has 0 aliphatic rings. The zero-order chi connectivity index (χ0) is 25.2. The van der Waals surface area contributed by atoms with Crippen molar-refractivity contribution < 1.29 is 55.6 Å². The molecule has 0 saturated heterocycles. The van der Waals surface area contributed by atoms with E-state index in [-0.39, 0.29) is 66.8 Å². The Morgan fingerprint density at radius 3 is 2.14 bits per heavy atom. The quantitative estimate of drug-likeness (QED) is 0.135. The molecule has 0 heterocycles. The van der Waals surface area contributed by atoms with Gasteiger partial charge < -0.3 is 17.5 Å². The van der Waals surface area contributed by atoms with Gasteiger partial charge in [-0.1, -0.05) is 107 Å². The van der Waals surface area contributed by atoms with Crippen LogP contribution in [-0.2, 0) is 16.0 Å². The Morgan fingerprint density at radius 2 is 1.56 bits per heavy atom. The summed E-state index contributed by atoms with van der Waals surface area (Å²) in [5.74, 6) is 0.224. The number of rotatable bonds is 13. The van der Waals surface area contributed by atoms with Crippen molar-refractivity contribution in [3.8, 4) is 0 Å². The third-order valence-corrected chi connectivity index (χ3v) is 5.97. The Morgan fingerprint density at radius 1 is 0.917 bits per heavy atom. The molecular weight excluding hydrogens is 599 g/mol. The molecule has 1 unspecified atom stereocenters. The van der Waals surface area contributed by atoms with E-state index in [2.05, 4.69) is 49.5 Å². The Hall–Kier alpha value is -0.966. The number of unbranched alkanes of at least 4 members (excludes halogenated alkanes) is 3. The molecule has 4 nitrogen and oxygen atoms in total. The number of aryl methyl sites for hydroxylation is 1. The fraction of sp³-hybridized carbons (Fsp3) is 0.500. The van der Waals surface area contributed by atoms with Gasteiger partial charge in [-0.3, -0.25) is 4.79 Å². The number of esters is 1.